The highest BCUT2D eigenvalue weighted by atomic mass is 19.4. The van der Waals surface area contributed by atoms with E-state index in [2.05, 4.69) is 15.0 Å². The minimum Gasteiger partial charge on any atom is -0.467 e. The highest BCUT2D eigenvalue weighted by Crippen LogP contribution is 2.35. The van der Waals surface area contributed by atoms with E-state index in [1.807, 2.05) is 6.92 Å². The number of pyridine rings is 1. The van der Waals surface area contributed by atoms with E-state index in [1.165, 1.54) is 26.3 Å². The number of nitrogens with one attached hydrogen (secondary N) is 1. The third-order valence-corrected chi connectivity index (χ3v) is 2.89. The number of ether oxygens (including phenoxy) is 1. The molecule has 1 rings (SSSR count). The molecule has 0 aliphatic heterocycles. The predicted molar refractivity (Wildman–Crippen MR) is 68.2 cm³/mol. The minimum atomic E-state index is -4.54. The van der Waals surface area contributed by atoms with Gasteiger partial charge in [0, 0.05) is 6.20 Å². The highest BCUT2D eigenvalue weighted by Gasteiger charge is 2.39. The van der Waals surface area contributed by atoms with Crippen LogP contribution in [0.2, 0.25) is 0 Å². The maximum atomic E-state index is 12.9. The summed E-state index contributed by atoms with van der Waals surface area (Å²) < 4.78 is 43.3. The molecule has 0 saturated carbocycles. The second-order valence-electron chi connectivity index (χ2n) is 4.60. The number of anilines is 1. The topological polar surface area (TPSA) is 51.2 Å². The molecule has 1 N–H and O–H groups in total. The molecule has 0 bridgehead atoms. The predicted octanol–water partition coefficient (Wildman–Crippen LogP) is 3.24. The SMILES string of the molecule is CCCC(C)(Nc1ncccc1C(F)(F)F)C(=O)OC. The molecule has 0 radical (unpaired) electrons. The normalized spacial score (nSPS) is 14.5. The number of rotatable bonds is 5. The molecule has 1 aromatic heterocycles. The van der Waals surface area contributed by atoms with Crippen molar-refractivity contribution in [1.82, 2.24) is 4.98 Å². The van der Waals surface area contributed by atoms with Crippen molar-refractivity contribution in [2.75, 3.05) is 12.4 Å². The Morgan fingerprint density at radius 1 is 1.45 bits per heavy atom. The van der Waals surface area contributed by atoms with E-state index in [1.54, 1.807) is 0 Å². The van der Waals surface area contributed by atoms with Crippen molar-refractivity contribution in [2.24, 2.45) is 0 Å². The molecule has 1 atom stereocenters. The summed E-state index contributed by atoms with van der Waals surface area (Å²) in [6.45, 7) is 3.32. The first-order valence-electron chi connectivity index (χ1n) is 6.13. The molecule has 20 heavy (non-hydrogen) atoms. The van der Waals surface area contributed by atoms with Crippen LogP contribution in [0.1, 0.15) is 32.3 Å². The quantitative estimate of drug-likeness (QED) is 0.846. The van der Waals surface area contributed by atoms with E-state index in [-0.39, 0.29) is 5.82 Å². The van der Waals surface area contributed by atoms with Gasteiger partial charge in [-0.2, -0.15) is 13.2 Å². The van der Waals surface area contributed by atoms with Crippen LogP contribution in [0.15, 0.2) is 18.3 Å². The van der Waals surface area contributed by atoms with Crippen LogP contribution in [-0.2, 0) is 15.7 Å². The van der Waals surface area contributed by atoms with Crippen molar-refractivity contribution in [3.05, 3.63) is 23.9 Å². The first-order valence-corrected chi connectivity index (χ1v) is 6.13. The number of esters is 1. The maximum Gasteiger partial charge on any atom is 0.419 e. The number of halogens is 3. The van der Waals surface area contributed by atoms with Crippen molar-refractivity contribution in [3.63, 3.8) is 0 Å². The smallest absolute Gasteiger partial charge is 0.419 e. The lowest BCUT2D eigenvalue weighted by atomic mass is 9.96. The molecule has 0 aliphatic rings. The molecule has 0 spiro atoms. The summed E-state index contributed by atoms with van der Waals surface area (Å²) in [4.78, 5) is 15.5. The maximum absolute atomic E-state index is 12.9. The molecule has 1 aromatic rings. The van der Waals surface area contributed by atoms with Crippen molar-refractivity contribution >= 4 is 11.8 Å². The molecule has 1 unspecified atom stereocenters. The second-order valence-corrected chi connectivity index (χ2v) is 4.60. The molecule has 0 aliphatic carbocycles. The fraction of sp³-hybridized carbons (Fsp3) is 0.538. The molecule has 1 heterocycles. The lowest BCUT2D eigenvalue weighted by Crippen LogP contribution is -2.45. The molecule has 0 aromatic carbocycles. The fourth-order valence-corrected chi connectivity index (χ4v) is 1.94. The van der Waals surface area contributed by atoms with Crippen LogP contribution in [0, 0.1) is 0 Å². The second kappa shape index (κ2) is 6.11. The van der Waals surface area contributed by atoms with Gasteiger partial charge in [0.25, 0.3) is 0 Å². The Bertz CT molecular complexity index is 477. The average Bonchev–Trinajstić information content (AvgIpc) is 2.37. The summed E-state index contributed by atoms with van der Waals surface area (Å²) in [5, 5.41) is 2.58. The van der Waals surface area contributed by atoms with Gasteiger partial charge in [0.1, 0.15) is 11.4 Å². The highest BCUT2D eigenvalue weighted by molar-refractivity contribution is 5.83. The molecular formula is C13H17F3N2O2. The number of hydrogen-bond acceptors (Lipinski definition) is 4. The van der Waals surface area contributed by atoms with Crippen LogP contribution < -0.4 is 5.32 Å². The van der Waals surface area contributed by atoms with Gasteiger partial charge in [0.05, 0.1) is 12.7 Å². The number of hydrogen-bond donors (Lipinski definition) is 1. The molecule has 4 nitrogen and oxygen atoms in total. The molecule has 7 heteroatoms. The molecular weight excluding hydrogens is 273 g/mol. The van der Waals surface area contributed by atoms with E-state index < -0.39 is 23.2 Å². The van der Waals surface area contributed by atoms with Crippen LogP contribution >= 0.6 is 0 Å². The Kier molecular flexibility index (Phi) is 4.97. The zero-order chi connectivity index (χ0) is 15.4. The van der Waals surface area contributed by atoms with E-state index >= 15 is 0 Å². The van der Waals surface area contributed by atoms with Crippen molar-refractivity contribution in [3.8, 4) is 0 Å². The number of alkyl halides is 3. The monoisotopic (exact) mass is 290 g/mol. The largest absolute Gasteiger partial charge is 0.467 e. The van der Waals surface area contributed by atoms with Crippen LogP contribution in [0.4, 0.5) is 19.0 Å². The van der Waals surface area contributed by atoms with E-state index in [0.717, 1.165) is 6.07 Å². The van der Waals surface area contributed by atoms with Gasteiger partial charge in [-0.3, -0.25) is 0 Å². The molecule has 0 saturated heterocycles. The zero-order valence-electron chi connectivity index (χ0n) is 11.5. The van der Waals surface area contributed by atoms with E-state index in [9.17, 15) is 18.0 Å². The van der Waals surface area contributed by atoms with Crippen LogP contribution in [0.25, 0.3) is 0 Å². The van der Waals surface area contributed by atoms with Crippen molar-refractivity contribution in [2.45, 2.75) is 38.4 Å². The summed E-state index contributed by atoms with van der Waals surface area (Å²) in [6, 6.07) is 2.11. The van der Waals surface area contributed by atoms with Gasteiger partial charge >= 0.3 is 12.1 Å². The summed E-state index contributed by atoms with van der Waals surface area (Å²) in [6.07, 6.45) is -2.37. The number of nitrogens with zero attached hydrogens (tertiary/aromatic N) is 1. The van der Waals surface area contributed by atoms with Gasteiger partial charge in [-0.05, 0) is 25.5 Å². The van der Waals surface area contributed by atoms with Crippen LogP contribution in [-0.4, -0.2) is 23.6 Å². The Morgan fingerprint density at radius 2 is 2.10 bits per heavy atom. The fourth-order valence-electron chi connectivity index (χ4n) is 1.94. The Hall–Kier alpha value is -1.79. The average molecular weight is 290 g/mol. The van der Waals surface area contributed by atoms with E-state index in [0.29, 0.717) is 12.8 Å². The molecule has 0 fully saturated rings. The van der Waals surface area contributed by atoms with Crippen LogP contribution in [0.3, 0.4) is 0 Å². The standard InChI is InChI=1S/C13H17F3N2O2/c1-4-7-12(2,11(19)20-3)18-10-9(13(14,15)16)6-5-8-17-10/h5-6,8H,4,7H2,1-3H3,(H,17,18). The Morgan fingerprint density at radius 3 is 2.60 bits per heavy atom. The number of methoxy groups -OCH3 is 1. The number of carbonyl (C=O) groups is 1. The van der Waals surface area contributed by atoms with E-state index in [4.69, 9.17) is 0 Å². The number of carbonyl (C=O) groups excluding carboxylic acids is 1. The summed E-state index contributed by atoms with van der Waals surface area (Å²) in [5.74, 6) is -1.00. The zero-order valence-corrected chi connectivity index (χ0v) is 11.5. The third kappa shape index (κ3) is 3.61. The van der Waals surface area contributed by atoms with Gasteiger partial charge in [0.2, 0.25) is 0 Å². The Balaban J connectivity index is 3.16. The summed E-state index contributed by atoms with van der Waals surface area (Å²) in [7, 11) is 1.20. The Labute approximate surface area is 115 Å². The lowest BCUT2D eigenvalue weighted by molar-refractivity contribution is -0.146. The van der Waals surface area contributed by atoms with Gasteiger partial charge in [-0.25, -0.2) is 9.78 Å². The summed E-state index contributed by atoms with van der Waals surface area (Å²) in [5.41, 5.74) is -2.16. The van der Waals surface area contributed by atoms with Crippen molar-refractivity contribution in [1.29, 1.82) is 0 Å². The first kappa shape index (κ1) is 16.3. The van der Waals surface area contributed by atoms with Gasteiger partial charge in [-0.1, -0.05) is 13.3 Å². The third-order valence-electron chi connectivity index (χ3n) is 2.89. The van der Waals surface area contributed by atoms with Gasteiger partial charge in [-0.15, -0.1) is 0 Å². The molecule has 0 amide bonds. The van der Waals surface area contributed by atoms with Gasteiger partial charge in [0.15, 0.2) is 0 Å². The lowest BCUT2D eigenvalue weighted by Gasteiger charge is -2.29. The van der Waals surface area contributed by atoms with Crippen molar-refractivity contribution < 1.29 is 22.7 Å². The van der Waals surface area contributed by atoms with Gasteiger partial charge < -0.3 is 10.1 Å². The minimum absolute atomic E-state index is 0.327. The molecule has 112 valence electrons. The first-order chi connectivity index (χ1) is 9.24. The summed E-state index contributed by atoms with van der Waals surface area (Å²) >= 11 is 0. The number of aromatic nitrogens is 1. The van der Waals surface area contributed by atoms with Crippen LogP contribution in [0.5, 0.6) is 0 Å².